The van der Waals surface area contributed by atoms with E-state index in [-0.39, 0.29) is 11.9 Å². The van der Waals surface area contributed by atoms with Crippen LogP contribution in [0.25, 0.3) is 5.52 Å². The van der Waals surface area contributed by atoms with Gasteiger partial charge in [0.05, 0.1) is 21.7 Å². The summed E-state index contributed by atoms with van der Waals surface area (Å²) in [6, 6.07) is 8.80. The molecule has 3 aromatic heterocycles. The molecule has 0 fully saturated rings. The van der Waals surface area contributed by atoms with Gasteiger partial charge in [-0.2, -0.15) is 10.4 Å². The zero-order chi connectivity index (χ0) is 17.3. The van der Waals surface area contributed by atoms with E-state index in [1.54, 1.807) is 46.1 Å². The molecule has 0 aromatic carbocycles. The number of halogens is 1. The summed E-state index contributed by atoms with van der Waals surface area (Å²) in [7, 11) is 0. The molecule has 120 valence electrons. The highest BCUT2D eigenvalue weighted by Gasteiger charge is 2.22. The van der Waals surface area contributed by atoms with Gasteiger partial charge in [0, 0.05) is 24.0 Å². The van der Waals surface area contributed by atoms with Gasteiger partial charge >= 0.3 is 0 Å². The van der Waals surface area contributed by atoms with Crippen molar-refractivity contribution in [1.29, 1.82) is 5.26 Å². The van der Waals surface area contributed by atoms with E-state index in [1.165, 1.54) is 6.20 Å². The molecule has 0 saturated carbocycles. The number of hydrogen-bond donors (Lipinski definition) is 0. The zero-order valence-corrected chi connectivity index (χ0v) is 14.7. The maximum atomic E-state index is 13.0. The molecule has 3 heterocycles. The molecule has 0 bridgehead atoms. The van der Waals surface area contributed by atoms with Crippen LogP contribution in [-0.4, -0.2) is 26.5 Å². The van der Waals surface area contributed by atoms with Gasteiger partial charge in [0.1, 0.15) is 11.9 Å². The largest absolute Gasteiger partial charge is 0.290 e. The summed E-state index contributed by atoms with van der Waals surface area (Å²) in [5.41, 5.74) is 1.82. The van der Waals surface area contributed by atoms with Crippen LogP contribution < -0.4 is 4.90 Å². The van der Waals surface area contributed by atoms with Crippen LogP contribution in [0.2, 0.25) is 0 Å². The molecule has 0 unspecified atom stereocenters. The monoisotopic (exact) mass is 383 g/mol. The van der Waals surface area contributed by atoms with Crippen molar-refractivity contribution in [2.75, 3.05) is 4.90 Å². The van der Waals surface area contributed by atoms with Crippen LogP contribution in [0.3, 0.4) is 0 Å². The summed E-state index contributed by atoms with van der Waals surface area (Å²) in [5, 5.41) is 13.1. The lowest BCUT2D eigenvalue weighted by molar-refractivity contribution is 0.0979. The van der Waals surface area contributed by atoms with Crippen LogP contribution in [0.5, 0.6) is 0 Å². The summed E-state index contributed by atoms with van der Waals surface area (Å²) >= 11 is 3.43. The van der Waals surface area contributed by atoms with Crippen LogP contribution in [-0.2, 0) is 0 Å². The third-order valence-electron chi connectivity index (χ3n) is 3.58. The summed E-state index contributed by atoms with van der Waals surface area (Å²) in [6.07, 6.45) is 4.90. The molecule has 0 atom stereocenters. The fourth-order valence-corrected chi connectivity index (χ4v) is 2.81. The standard InChI is InChI=1S/C17H14BrN5O/c1-11(2)23(16-4-3-12(8-19)9-20-16)17(24)13-5-6-22-15(7-13)14(18)10-21-22/h3-7,9-11H,1-2H3. The van der Waals surface area contributed by atoms with Gasteiger partial charge < -0.3 is 0 Å². The molecule has 0 radical (unpaired) electrons. The quantitative estimate of drug-likeness (QED) is 0.694. The van der Waals surface area contributed by atoms with Crippen molar-refractivity contribution in [3.63, 3.8) is 0 Å². The Morgan fingerprint density at radius 1 is 1.33 bits per heavy atom. The van der Waals surface area contributed by atoms with Crippen molar-refractivity contribution < 1.29 is 4.79 Å². The van der Waals surface area contributed by atoms with E-state index < -0.39 is 0 Å². The predicted octanol–water partition coefficient (Wildman–Crippen LogP) is 3.42. The van der Waals surface area contributed by atoms with E-state index in [1.807, 2.05) is 19.9 Å². The Hall–Kier alpha value is -2.72. The highest BCUT2D eigenvalue weighted by atomic mass is 79.9. The van der Waals surface area contributed by atoms with Gasteiger partial charge in [-0.05, 0) is 54.0 Å². The van der Waals surface area contributed by atoms with Crippen molar-refractivity contribution in [2.45, 2.75) is 19.9 Å². The molecular formula is C17H14BrN5O. The van der Waals surface area contributed by atoms with Crippen molar-refractivity contribution in [3.05, 3.63) is 58.5 Å². The maximum absolute atomic E-state index is 13.0. The topological polar surface area (TPSA) is 74.3 Å². The summed E-state index contributed by atoms with van der Waals surface area (Å²) in [4.78, 5) is 18.8. The van der Waals surface area contributed by atoms with Gasteiger partial charge in [-0.15, -0.1) is 0 Å². The molecule has 24 heavy (non-hydrogen) atoms. The minimum absolute atomic E-state index is 0.0810. The fraction of sp³-hybridized carbons (Fsp3) is 0.176. The van der Waals surface area contributed by atoms with Crippen LogP contribution in [0.4, 0.5) is 5.82 Å². The number of aromatic nitrogens is 3. The lowest BCUT2D eigenvalue weighted by atomic mass is 10.2. The SMILES string of the molecule is CC(C)N(C(=O)c1ccn2ncc(Br)c2c1)c1ccc(C#N)cn1. The number of hydrogen-bond acceptors (Lipinski definition) is 4. The minimum atomic E-state index is -0.155. The van der Waals surface area contributed by atoms with Crippen molar-refractivity contribution in [2.24, 2.45) is 0 Å². The number of carbonyl (C=O) groups is 1. The molecule has 0 aliphatic rings. The number of amides is 1. The molecule has 7 heteroatoms. The molecule has 0 aliphatic carbocycles. The average molecular weight is 384 g/mol. The van der Waals surface area contributed by atoms with Crippen LogP contribution >= 0.6 is 15.9 Å². The third-order valence-corrected chi connectivity index (χ3v) is 4.19. The lowest BCUT2D eigenvalue weighted by Gasteiger charge is -2.26. The number of pyridine rings is 2. The van der Waals surface area contributed by atoms with E-state index in [9.17, 15) is 4.79 Å². The normalized spacial score (nSPS) is 10.8. The summed E-state index contributed by atoms with van der Waals surface area (Å²) < 4.78 is 2.52. The van der Waals surface area contributed by atoms with Crippen molar-refractivity contribution in [1.82, 2.24) is 14.6 Å². The van der Waals surface area contributed by atoms with Crippen LogP contribution in [0, 0.1) is 11.3 Å². The first-order chi connectivity index (χ1) is 11.5. The smallest absolute Gasteiger partial charge is 0.259 e. The molecule has 0 N–H and O–H groups in total. The Morgan fingerprint density at radius 2 is 2.12 bits per heavy atom. The van der Waals surface area contributed by atoms with E-state index in [0.717, 1.165) is 9.99 Å². The van der Waals surface area contributed by atoms with Crippen molar-refractivity contribution >= 4 is 33.2 Å². The van der Waals surface area contributed by atoms with Gasteiger partial charge in [-0.3, -0.25) is 9.69 Å². The second-order valence-electron chi connectivity index (χ2n) is 5.52. The highest BCUT2D eigenvalue weighted by Crippen LogP contribution is 2.22. The molecule has 0 saturated heterocycles. The Bertz CT molecular complexity index is 940. The number of nitriles is 1. The van der Waals surface area contributed by atoms with Crippen LogP contribution in [0.1, 0.15) is 29.8 Å². The van der Waals surface area contributed by atoms with Gasteiger partial charge in [0.25, 0.3) is 5.91 Å². The average Bonchev–Trinajstić information content (AvgIpc) is 2.96. The number of carbonyl (C=O) groups excluding carboxylic acids is 1. The Kier molecular flexibility index (Phi) is 4.32. The number of fused-ring (bicyclic) bond motifs is 1. The van der Waals surface area contributed by atoms with E-state index in [2.05, 4.69) is 26.0 Å². The molecule has 3 rings (SSSR count). The molecular weight excluding hydrogens is 370 g/mol. The Labute approximate surface area is 147 Å². The van der Waals surface area contributed by atoms with Gasteiger partial charge in [-0.1, -0.05) is 0 Å². The Balaban J connectivity index is 2.01. The molecule has 6 nitrogen and oxygen atoms in total. The van der Waals surface area contributed by atoms with Crippen molar-refractivity contribution in [3.8, 4) is 6.07 Å². The minimum Gasteiger partial charge on any atom is -0.290 e. The number of nitrogens with zero attached hydrogens (tertiary/aromatic N) is 5. The van der Waals surface area contributed by atoms with Gasteiger partial charge in [0.15, 0.2) is 0 Å². The summed E-state index contributed by atoms with van der Waals surface area (Å²) in [5.74, 6) is 0.360. The summed E-state index contributed by atoms with van der Waals surface area (Å²) in [6.45, 7) is 3.84. The zero-order valence-electron chi connectivity index (χ0n) is 13.1. The Morgan fingerprint density at radius 3 is 2.75 bits per heavy atom. The number of rotatable bonds is 3. The van der Waals surface area contributed by atoms with Gasteiger partial charge in [0.2, 0.25) is 0 Å². The van der Waals surface area contributed by atoms with E-state index in [4.69, 9.17) is 5.26 Å². The maximum Gasteiger partial charge on any atom is 0.259 e. The first-order valence-electron chi connectivity index (χ1n) is 7.34. The van der Waals surface area contributed by atoms with Gasteiger partial charge in [-0.25, -0.2) is 9.50 Å². The fourth-order valence-electron chi connectivity index (χ4n) is 2.42. The second-order valence-corrected chi connectivity index (χ2v) is 6.38. The molecule has 0 aliphatic heterocycles. The van der Waals surface area contributed by atoms with E-state index in [0.29, 0.717) is 16.9 Å². The van der Waals surface area contributed by atoms with Crippen LogP contribution in [0.15, 0.2) is 47.3 Å². The first kappa shape index (κ1) is 16.1. The van der Waals surface area contributed by atoms with E-state index >= 15 is 0 Å². The first-order valence-corrected chi connectivity index (χ1v) is 8.13. The number of anilines is 1. The predicted molar refractivity (Wildman–Crippen MR) is 93.8 cm³/mol. The second kappa shape index (κ2) is 6.42. The highest BCUT2D eigenvalue weighted by molar-refractivity contribution is 9.10. The molecule has 3 aromatic rings. The lowest BCUT2D eigenvalue weighted by Crippen LogP contribution is -2.37. The molecule has 1 amide bonds. The molecule has 0 spiro atoms. The third kappa shape index (κ3) is 2.88.